The maximum Gasteiger partial charge on any atom is 0.0534 e. The van der Waals surface area contributed by atoms with Crippen molar-refractivity contribution in [2.75, 3.05) is 13.1 Å². The van der Waals surface area contributed by atoms with E-state index in [9.17, 15) is 0 Å². The molecule has 2 unspecified atom stereocenters. The van der Waals surface area contributed by atoms with Crippen LogP contribution in [-0.4, -0.2) is 19.1 Å². The first-order valence-electron chi connectivity index (χ1n) is 5.66. The molecule has 1 aliphatic heterocycles. The van der Waals surface area contributed by atoms with Gasteiger partial charge in [0.1, 0.15) is 0 Å². The van der Waals surface area contributed by atoms with Crippen molar-refractivity contribution < 1.29 is 0 Å². The van der Waals surface area contributed by atoms with Crippen molar-refractivity contribution >= 4 is 0 Å². The topological polar surface area (TPSA) is 24.1 Å². The lowest BCUT2D eigenvalue weighted by Crippen LogP contribution is -2.59. The molecule has 0 spiro atoms. The molecule has 0 aromatic heterocycles. The van der Waals surface area contributed by atoms with E-state index in [4.69, 9.17) is 0 Å². The third kappa shape index (κ3) is 2.21. The predicted octanol–water partition coefficient (Wildman–Crippen LogP) is 1.79. The van der Waals surface area contributed by atoms with Crippen molar-refractivity contribution in [3.05, 3.63) is 35.4 Å². The molecule has 0 amide bonds. The van der Waals surface area contributed by atoms with Gasteiger partial charge in [0.05, 0.1) is 5.54 Å². The highest BCUT2D eigenvalue weighted by atomic mass is 15.1. The molecule has 2 nitrogen and oxygen atoms in total. The summed E-state index contributed by atoms with van der Waals surface area (Å²) < 4.78 is 0. The maximum atomic E-state index is 3.67. The summed E-state index contributed by atoms with van der Waals surface area (Å²) in [5.74, 6) is 0. The molecule has 0 saturated carbocycles. The second-order valence-corrected chi connectivity index (χ2v) is 4.87. The summed E-state index contributed by atoms with van der Waals surface area (Å²) in [5, 5.41) is 7.14. The van der Waals surface area contributed by atoms with Crippen molar-refractivity contribution in [3.63, 3.8) is 0 Å². The summed E-state index contributed by atoms with van der Waals surface area (Å²) in [6.45, 7) is 8.67. The van der Waals surface area contributed by atoms with E-state index in [-0.39, 0.29) is 5.54 Å². The number of hydrogen-bond acceptors (Lipinski definition) is 2. The van der Waals surface area contributed by atoms with Gasteiger partial charge >= 0.3 is 0 Å². The number of benzene rings is 1. The fourth-order valence-electron chi connectivity index (χ4n) is 2.29. The lowest BCUT2D eigenvalue weighted by atomic mass is 9.88. The molecule has 82 valence electrons. The third-order valence-electron chi connectivity index (χ3n) is 3.18. The number of aryl methyl sites for hydroxylation is 1. The molecule has 1 saturated heterocycles. The zero-order valence-electron chi connectivity index (χ0n) is 9.80. The van der Waals surface area contributed by atoms with E-state index in [0.29, 0.717) is 6.04 Å². The molecule has 2 atom stereocenters. The van der Waals surface area contributed by atoms with Gasteiger partial charge in [0.15, 0.2) is 0 Å². The quantitative estimate of drug-likeness (QED) is 0.729. The van der Waals surface area contributed by atoms with Crippen LogP contribution in [-0.2, 0) is 5.54 Å². The zero-order valence-corrected chi connectivity index (χ0v) is 9.80. The van der Waals surface area contributed by atoms with Gasteiger partial charge in [-0.3, -0.25) is 0 Å². The van der Waals surface area contributed by atoms with Crippen molar-refractivity contribution in [2.24, 2.45) is 0 Å². The molecule has 1 fully saturated rings. The highest BCUT2D eigenvalue weighted by molar-refractivity contribution is 5.28. The number of nitrogens with one attached hydrogen (secondary N) is 2. The molecule has 1 heterocycles. The molecule has 0 aliphatic carbocycles. The minimum atomic E-state index is 0.0748. The molecule has 15 heavy (non-hydrogen) atoms. The molecule has 1 aromatic carbocycles. The molecule has 2 N–H and O–H groups in total. The first-order chi connectivity index (χ1) is 7.10. The van der Waals surface area contributed by atoms with Crippen LogP contribution in [0.4, 0.5) is 0 Å². The third-order valence-corrected chi connectivity index (χ3v) is 3.18. The molecule has 0 bridgehead atoms. The molecule has 1 aromatic rings. The van der Waals surface area contributed by atoms with Gasteiger partial charge in [-0.15, -0.1) is 0 Å². The predicted molar refractivity (Wildman–Crippen MR) is 64.0 cm³/mol. The largest absolute Gasteiger partial charge is 0.313 e. The summed E-state index contributed by atoms with van der Waals surface area (Å²) >= 11 is 0. The Hall–Kier alpha value is -0.860. The Morgan fingerprint density at radius 3 is 2.53 bits per heavy atom. The molecule has 1 aliphatic rings. The van der Waals surface area contributed by atoms with E-state index in [2.05, 4.69) is 55.7 Å². The van der Waals surface area contributed by atoms with E-state index in [1.54, 1.807) is 0 Å². The van der Waals surface area contributed by atoms with Gasteiger partial charge in [0.2, 0.25) is 0 Å². The smallest absolute Gasteiger partial charge is 0.0534 e. The minimum absolute atomic E-state index is 0.0748. The van der Waals surface area contributed by atoms with Crippen molar-refractivity contribution in [1.82, 2.24) is 10.6 Å². The van der Waals surface area contributed by atoms with Crippen LogP contribution in [0.1, 0.15) is 25.0 Å². The van der Waals surface area contributed by atoms with Crippen molar-refractivity contribution in [3.8, 4) is 0 Å². The van der Waals surface area contributed by atoms with E-state index in [1.165, 1.54) is 11.1 Å². The minimum Gasteiger partial charge on any atom is -0.313 e. The second-order valence-electron chi connectivity index (χ2n) is 4.87. The summed E-state index contributed by atoms with van der Waals surface area (Å²) in [5.41, 5.74) is 2.76. The van der Waals surface area contributed by atoms with Gasteiger partial charge < -0.3 is 10.6 Å². The van der Waals surface area contributed by atoms with Crippen molar-refractivity contribution in [2.45, 2.75) is 32.4 Å². The molecule has 2 heteroatoms. The Labute approximate surface area is 92.1 Å². The number of hydrogen-bond donors (Lipinski definition) is 2. The average molecular weight is 204 g/mol. The summed E-state index contributed by atoms with van der Waals surface area (Å²) in [4.78, 5) is 0. The van der Waals surface area contributed by atoms with Crippen LogP contribution < -0.4 is 10.6 Å². The SMILES string of the molecule is Cc1ccc(C2(C)CNCC(C)N2)cc1. The lowest BCUT2D eigenvalue weighted by Gasteiger charge is -2.39. The van der Waals surface area contributed by atoms with Crippen LogP contribution in [0.3, 0.4) is 0 Å². The number of piperazine rings is 1. The monoisotopic (exact) mass is 204 g/mol. The normalized spacial score (nSPS) is 31.5. The van der Waals surface area contributed by atoms with Gasteiger partial charge in [0, 0.05) is 19.1 Å². The van der Waals surface area contributed by atoms with Crippen LogP contribution in [0.2, 0.25) is 0 Å². The van der Waals surface area contributed by atoms with Gasteiger partial charge in [-0.25, -0.2) is 0 Å². The van der Waals surface area contributed by atoms with E-state index in [0.717, 1.165) is 13.1 Å². The Morgan fingerprint density at radius 1 is 1.27 bits per heavy atom. The Morgan fingerprint density at radius 2 is 1.93 bits per heavy atom. The summed E-state index contributed by atoms with van der Waals surface area (Å²) in [6, 6.07) is 9.35. The lowest BCUT2D eigenvalue weighted by molar-refractivity contribution is 0.255. The first kappa shape index (κ1) is 10.7. The molecular formula is C13H20N2. The van der Waals surface area contributed by atoms with Crippen LogP contribution >= 0.6 is 0 Å². The van der Waals surface area contributed by atoms with Gasteiger partial charge in [-0.2, -0.15) is 0 Å². The highest BCUT2D eigenvalue weighted by Crippen LogP contribution is 2.22. The van der Waals surface area contributed by atoms with Gasteiger partial charge in [-0.1, -0.05) is 29.8 Å². The Bertz CT molecular complexity index is 331. The highest BCUT2D eigenvalue weighted by Gasteiger charge is 2.30. The standard InChI is InChI=1S/C13H20N2/c1-10-4-6-12(7-5-10)13(3)9-14-8-11(2)15-13/h4-7,11,14-15H,8-9H2,1-3H3. The van der Waals surface area contributed by atoms with Crippen LogP contribution in [0.25, 0.3) is 0 Å². The van der Waals surface area contributed by atoms with Gasteiger partial charge in [-0.05, 0) is 26.3 Å². The average Bonchev–Trinajstić information content (AvgIpc) is 2.18. The fourth-order valence-corrected chi connectivity index (χ4v) is 2.29. The summed E-state index contributed by atoms with van der Waals surface area (Å²) in [6.07, 6.45) is 0. The van der Waals surface area contributed by atoms with E-state index in [1.807, 2.05) is 0 Å². The first-order valence-corrected chi connectivity index (χ1v) is 5.66. The van der Waals surface area contributed by atoms with Crippen LogP contribution in [0, 0.1) is 6.92 Å². The van der Waals surface area contributed by atoms with Gasteiger partial charge in [0.25, 0.3) is 0 Å². The van der Waals surface area contributed by atoms with E-state index < -0.39 is 0 Å². The fraction of sp³-hybridized carbons (Fsp3) is 0.538. The van der Waals surface area contributed by atoms with E-state index >= 15 is 0 Å². The Balaban J connectivity index is 2.24. The maximum absolute atomic E-state index is 3.67. The number of rotatable bonds is 1. The molecule has 2 rings (SSSR count). The second kappa shape index (κ2) is 3.95. The Kier molecular flexibility index (Phi) is 2.81. The van der Waals surface area contributed by atoms with Crippen LogP contribution in [0.5, 0.6) is 0 Å². The summed E-state index contributed by atoms with van der Waals surface area (Å²) in [7, 11) is 0. The molecular weight excluding hydrogens is 184 g/mol. The molecule has 0 radical (unpaired) electrons. The van der Waals surface area contributed by atoms with Crippen molar-refractivity contribution in [1.29, 1.82) is 0 Å². The zero-order chi connectivity index (χ0) is 10.9. The van der Waals surface area contributed by atoms with Crippen LogP contribution in [0.15, 0.2) is 24.3 Å².